The van der Waals surface area contributed by atoms with Crippen LogP contribution in [0.2, 0.25) is 0 Å². The van der Waals surface area contributed by atoms with E-state index >= 15 is 0 Å². The second-order valence-corrected chi connectivity index (χ2v) is 7.73. The Morgan fingerprint density at radius 3 is 2.68 bits per heavy atom. The number of ether oxygens (including phenoxy) is 3. The monoisotopic (exact) mass is 312 g/mol. The zero-order valence-electron chi connectivity index (χ0n) is 14.0. The van der Waals surface area contributed by atoms with Gasteiger partial charge in [-0.3, -0.25) is 0 Å². The molecular formula is C17H28O5. The Morgan fingerprint density at radius 1 is 1.09 bits per heavy atom. The fourth-order valence-electron chi connectivity index (χ4n) is 5.23. The average molecular weight is 312 g/mol. The Hall–Kier alpha value is -0.200. The van der Waals surface area contributed by atoms with E-state index in [9.17, 15) is 0 Å². The lowest BCUT2D eigenvalue weighted by atomic mass is 9.58. The van der Waals surface area contributed by atoms with Crippen LogP contribution in [-0.4, -0.2) is 30.6 Å². The minimum absolute atomic E-state index is 0.216. The van der Waals surface area contributed by atoms with Crippen molar-refractivity contribution in [2.75, 3.05) is 6.61 Å². The third-order valence-corrected chi connectivity index (χ3v) is 6.43. The molecule has 22 heavy (non-hydrogen) atoms. The summed E-state index contributed by atoms with van der Waals surface area (Å²) >= 11 is 0. The molecule has 8 atom stereocenters. The maximum atomic E-state index is 6.25. The van der Waals surface area contributed by atoms with Crippen LogP contribution in [0.1, 0.15) is 53.4 Å². The summed E-state index contributed by atoms with van der Waals surface area (Å²) in [6, 6.07) is 0. The summed E-state index contributed by atoms with van der Waals surface area (Å²) in [6.07, 6.45) is 3.66. The van der Waals surface area contributed by atoms with Gasteiger partial charge in [0.1, 0.15) is 0 Å². The number of hydrogen-bond donors (Lipinski definition) is 0. The van der Waals surface area contributed by atoms with Crippen LogP contribution >= 0.6 is 0 Å². The molecule has 4 aliphatic heterocycles. The second kappa shape index (κ2) is 5.15. The van der Waals surface area contributed by atoms with Gasteiger partial charge in [0.2, 0.25) is 5.79 Å². The van der Waals surface area contributed by atoms with E-state index in [2.05, 4.69) is 13.8 Å². The predicted octanol–water partition coefficient (Wildman–Crippen LogP) is 3.23. The van der Waals surface area contributed by atoms with E-state index in [0.717, 1.165) is 19.3 Å². The molecule has 5 fully saturated rings. The zero-order chi connectivity index (χ0) is 15.5. The van der Waals surface area contributed by atoms with Gasteiger partial charge in [-0.05, 0) is 44.9 Å². The maximum absolute atomic E-state index is 6.25. The van der Waals surface area contributed by atoms with Crippen LogP contribution in [0.4, 0.5) is 0 Å². The third-order valence-electron chi connectivity index (χ3n) is 6.43. The largest absolute Gasteiger partial charge is 0.353 e. The summed E-state index contributed by atoms with van der Waals surface area (Å²) in [5, 5.41) is 0. The Morgan fingerprint density at radius 2 is 1.91 bits per heavy atom. The van der Waals surface area contributed by atoms with Crippen molar-refractivity contribution in [3.05, 3.63) is 0 Å². The highest BCUT2D eigenvalue weighted by molar-refractivity contribution is 5.09. The van der Waals surface area contributed by atoms with Gasteiger partial charge in [0.05, 0.1) is 0 Å². The molecule has 1 aliphatic carbocycles. The molecule has 0 N–H and O–H groups in total. The summed E-state index contributed by atoms with van der Waals surface area (Å²) in [6.45, 7) is 9.15. The molecule has 4 heterocycles. The second-order valence-electron chi connectivity index (χ2n) is 7.73. The van der Waals surface area contributed by atoms with Crippen molar-refractivity contribution >= 4 is 0 Å². The molecule has 1 spiro atoms. The van der Waals surface area contributed by atoms with Crippen LogP contribution in [0.3, 0.4) is 0 Å². The van der Waals surface area contributed by atoms with Crippen LogP contribution in [0.15, 0.2) is 0 Å². The van der Waals surface area contributed by atoms with Gasteiger partial charge in [-0.2, -0.15) is 0 Å². The van der Waals surface area contributed by atoms with E-state index in [-0.39, 0.29) is 18.5 Å². The third kappa shape index (κ3) is 1.96. The molecule has 1 saturated carbocycles. The van der Waals surface area contributed by atoms with Crippen LogP contribution < -0.4 is 0 Å². The first-order chi connectivity index (χ1) is 10.5. The van der Waals surface area contributed by atoms with Gasteiger partial charge in [-0.15, -0.1) is 0 Å². The Balaban J connectivity index is 1.75. The van der Waals surface area contributed by atoms with Crippen molar-refractivity contribution in [3.63, 3.8) is 0 Å². The molecule has 0 aromatic heterocycles. The average Bonchev–Trinajstić information content (AvgIpc) is 2.71. The topological polar surface area (TPSA) is 46.2 Å². The summed E-state index contributed by atoms with van der Waals surface area (Å²) in [4.78, 5) is 11.9. The number of fused-ring (bicyclic) bond motifs is 2. The lowest BCUT2D eigenvalue weighted by molar-refractivity contribution is -0.577. The van der Waals surface area contributed by atoms with Crippen LogP contribution in [0.5, 0.6) is 0 Å². The Kier molecular flexibility index (Phi) is 3.59. The van der Waals surface area contributed by atoms with Gasteiger partial charge in [-0.1, -0.05) is 13.8 Å². The van der Waals surface area contributed by atoms with E-state index in [0.29, 0.717) is 24.4 Å². The van der Waals surface area contributed by atoms with Gasteiger partial charge >= 0.3 is 0 Å². The highest BCUT2D eigenvalue weighted by Gasteiger charge is 2.69. The SMILES string of the molecule is CCO[C@H]1O[C@@H]2O[C@@]3(C)CC[C@H]4[C@H](C)CC[C@H]([C@H]1C)[C@@]24OO3. The molecule has 5 aliphatic rings. The van der Waals surface area contributed by atoms with Crippen LogP contribution in [-0.2, 0) is 24.0 Å². The molecule has 5 rings (SSSR count). The van der Waals surface area contributed by atoms with Crippen LogP contribution in [0.25, 0.3) is 0 Å². The van der Waals surface area contributed by atoms with Gasteiger partial charge in [0, 0.05) is 24.9 Å². The number of hydrogen-bond acceptors (Lipinski definition) is 5. The quantitative estimate of drug-likeness (QED) is 0.733. The minimum atomic E-state index is -0.700. The van der Waals surface area contributed by atoms with E-state index in [4.69, 9.17) is 24.0 Å². The fraction of sp³-hybridized carbons (Fsp3) is 1.00. The molecule has 0 amide bonds. The molecule has 0 aromatic rings. The van der Waals surface area contributed by atoms with Crippen molar-refractivity contribution in [2.45, 2.75) is 77.3 Å². The normalized spacial score (nSPS) is 57.3. The van der Waals surface area contributed by atoms with E-state index in [1.807, 2.05) is 13.8 Å². The van der Waals surface area contributed by atoms with E-state index < -0.39 is 11.4 Å². The highest BCUT2D eigenvalue weighted by Crippen LogP contribution is 2.60. The summed E-state index contributed by atoms with van der Waals surface area (Å²) in [7, 11) is 0. The molecule has 5 heteroatoms. The zero-order valence-corrected chi connectivity index (χ0v) is 14.0. The summed E-state index contributed by atoms with van der Waals surface area (Å²) in [5.41, 5.74) is -0.472. The molecule has 5 nitrogen and oxygen atoms in total. The minimum Gasteiger partial charge on any atom is -0.353 e. The highest BCUT2D eigenvalue weighted by atomic mass is 17.3. The first-order valence-corrected chi connectivity index (χ1v) is 8.82. The predicted molar refractivity (Wildman–Crippen MR) is 78.5 cm³/mol. The maximum Gasteiger partial charge on any atom is 0.201 e. The van der Waals surface area contributed by atoms with E-state index in [1.165, 1.54) is 6.42 Å². The lowest BCUT2D eigenvalue weighted by Gasteiger charge is -2.60. The lowest BCUT2D eigenvalue weighted by Crippen LogP contribution is -2.70. The molecule has 0 unspecified atom stereocenters. The van der Waals surface area contributed by atoms with Crippen LogP contribution in [0, 0.1) is 23.7 Å². The summed E-state index contributed by atoms with van der Waals surface area (Å²) < 4.78 is 18.3. The van der Waals surface area contributed by atoms with Crippen molar-refractivity contribution in [1.82, 2.24) is 0 Å². The van der Waals surface area contributed by atoms with Gasteiger partial charge in [0.15, 0.2) is 18.2 Å². The Labute approximate surface area is 132 Å². The Bertz CT molecular complexity index is 443. The summed E-state index contributed by atoms with van der Waals surface area (Å²) in [5.74, 6) is 0.957. The van der Waals surface area contributed by atoms with Gasteiger partial charge in [0.25, 0.3) is 0 Å². The van der Waals surface area contributed by atoms with Crippen molar-refractivity contribution in [1.29, 1.82) is 0 Å². The molecule has 2 bridgehead atoms. The van der Waals surface area contributed by atoms with Crippen molar-refractivity contribution in [3.8, 4) is 0 Å². The number of rotatable bonds is 2. The first kappa shape index (κ1) is 15.3. The van der Waals surface area contributed by atoms with Crippen molar-refractivity contribution < 1.29 is 24.0 Å². The molecule has 126 valence electrons. The smallest absolute Gasteiger partial charge is 0.201 e. The molecular weight excluding hydrogens is 284 g/mol. The molecule has 4 saturated heterocycles. The van der Waals surface area contributed by atoms with Gasteiger partial charge in [-0.25, -0.2) is 9.78 Å². The fourth-order valence-corrected chi connectivity index (χ4v) is 5.23. The molecule has 0 aromatic carbocycles. The van der Waals surface area contributed by atoms with Crippen molar-refractivity contribution in [2.24, 2.45) is 23.7 Å². The van der Waals surface area contributed by atoms with E-state index in [1.54, 1.807) is 0 Å². The first-order valence-electron chi connectivity index (χ1n) is 8.82. The standard InChI is InChI=1S/C17H28O5/c1-5-18-14-11(3)13-7-6-10(2)12-8-9-16(4)20-15(19-14)17(12,13)22-21-16/h10-15H,5-9H2,1-4H3/t10-,11-,12+,13-,14+,15-,16-,17-/m1/s1. The molecule has 0 radical (unpaired) electrons. The van der Waals surface area contributed by atoms with Gasteiger partial charge < -0.3 is 14.2 Å².